The Bertz CT molecular complexity index is 365. The number of aliphatic hydroxyl groups excluding tert-OH is 3. The molecule has 0 unspecified atom stereocenters. The lowest BCUT2D eigenvalue weighted by Gasteiger charge is -2.35. The van der Waals surface area contributed by atoms with Crippen LogP contribution < -0.4 is 0 Å². The molecule has 1 rings (SSSR count). The van der Waals surface area contributed by atoms with Crippen LogP contribution in [0.4, 0.5) is 0 Å². The van der Waals surface area contributed by atoms with E-state index in [1.54, 1.807) is 0 Å². The highest BCUT2D eigenvalue weighted by Gasteiger charge is 2.37. The van der Waals surface area contributed by atoms with Gasteiger partial charge in [-0.1, -0.05) is 110 Å². The summed E-state index contributed by atoms with van der Waals surface area (Å²) in [4.78, 5) is 0. The highest BCUT2D eigenvalue weighted by Crippen LogP contribution is 2.16. The van der Waals surface area contributed by atoms with E-state index < -0.39 is 24.4 Å². The SMILES string of the molecule is CCCCCCCCCCCCCCCCCCCOC[C@@H]1OC[C@@H](O)[C@H](O)[C@H]1O. The molecule has 5 nitrogen and oxygen atoms in total. The van der Waals surface area contributed by atoms with Crippen molar-refractivity contribution in [2.45, 2.75) is 140 Å². The summed E-state index contributed by atoms with van der Waals surface area (Å²) in [6.45, 7) is 3.25. The molecule has 180 valence electrons. The lowest BCUT2D eigenvalue weighted by Crippen LogP contribution is -2.54. The summed E-state index contributed by atoms with van der Waals surface area (Å²) >= 11 is 0. The number of rotatable bonds is 20. The second-order valence-electron chi connectivity index (χ2n) is 9.15. The third kappa shape index (κ3) is 14.0. The first-order valence-corrected chi connectivity index (χ1v) is 12.9. The third-order valence-electron chi connectivity index (χ3n) is 6.28. The summed E-state index contributed by atoms with van der Waals surface area (Å²) in [5.74, 6) is 0. The van der Waals surface area contributed by atoms with Crippen LogP contribution >= 0.6 is 0 Å². The van der Waals surface area contributed by atoms with E-state index >= 15 is 0 Å². The van der Waals surface area contributed by atoms with E-state index in [1.807, 2.05) is 0 Å². The van der Waals surface area contributed by atoms with Gasteiger partial charge in [0.1, 0.15) is 24.4 Å². The Hall–Kier alpha value is -0.200. The van der Waals surface area contributed by atoms with Crippen molar-refractivity contribution in [2.24, 2.45) is 0 Å². The minimum absolute atomic E-state index is 0.0470. The van der Waals surface area contributed by atoms with Crippen LogP contribution in [0.2, 0.25) is 0 Å². The lowest BCUT2D eigenvalue weighted by atomic mass is 10.0. The normalized spacial score (nSPS) is 24.4. The van der Waals surface area contributed by atoms with Crippen molar-refractivity contribution in [3.05, 3.63) is 0 Å². The maximum atomic E-state index is 9.84. The van der Waals surface area contributed by atoms with Gasteiger partial charge in [0.05, 0.1) is 13.2 Å². The van der Waals surface area contributed by atoms with Crippen LogP contribution in [0.5, 0.6) is 0 Å². The van der Waals surface area contributed by atoms with Crippen molar-refractivity contribution < 1.29 is 24.8 Å². The first-order chi connectivity index (χ1) is 14.7. The molecule has 0 saturated carbocycles. The van der Waals surface area contributed by atoms with Crippen LogP contribution in [0.15, 0.2) is 0 Å². The van der Waals surface area contributed by atoms with E-state index in [9.17, 15) is 15.3 Å². The topological polar surface area (TPSA) is 79.2 Å². The Morgan fingerprint density at radius 2 is 1.07 bits per heavy atom. The van der Waals surface area contributed by atoms with Crippen LogP contribution in [-0.4, -0.2) is 59.6 Å². The molecule has 0 aromatic heterocycles. The predicted octanol–water partition coefficient (Wildman–Crippen LogP) is 5.14. The molecule has 1 aliphatic rings. The van der Waals surface area contributed by atoms with Crippen LogP contribution in [0.3, 0.4) is 0 Å². The Morgan fingerprint density at radius 1 is 0.633 bits per heavy atom. The summed E-state index contributed by atoms with van der Waals surface area (Å²) in [5.41, 5.74) is 0. The van der Waals surface area contributed by atoms with Crippen molar-refractivity contribution in [3.8, 4) is 0 Å². The minimum atomic E-state index is -1.15. The third-order valence-corrected chi connectivity index (χ3v) is 6.28. The molecule has 4 atom stereocenters. The van der Waals surface area contributed by atoms with E-state index in [4.69, 9.17) is 9.47 Å². The molecule has 1 fully saturated rings. The van der Waals surface area contributed by atoms with Gasteiger partial charge in [0.15, 0.2) is 0 Å². The highest BCUT2D eigenvalue weighted by atomic mass is 16.6. The Morgan fingerprint density at radius 3 is 1.53 bits per heavy atom. The fourth-order valence-electron chi connectivity index (χ4n) is 4.14. The van der Waals surface area contributed by atoms with Gasteiger partial charge < -0.3 is 24.8 Å². The molecule has 30 heavy (non-hydrogen) atoms. The van der Waals surface area contributed by atoms with E-state index in [0.29, 0.717) is 6.61 Å². The quantitative estimate of drug-likeness (QED) is 0.233. The summed E-state index contributed by atoms with van der Waals surface area (Å²) < 4.78 is 10.9. The Kier molecular flexibility index (Phi) is 18.1. The molecule has 1 aliphatic heterocycles. The first-order valence-electron chi connectivity index (χ1n) is 12.9. The molecule has 1 heterocycles. The van der Waals surface area contributed by atoms with Gasteiger partial charge in [-0.15, -0.1) is 0 Å². The second-order valence-corrected chi connectivity index (χ2v) is 9.15. The molecule has 0 aliphatic carbocycles. The van der Waals surface area contributed by atoms with Crippen LogP contribution in [-0.2, 0) is 9.47 Å². The Balaban J connectivity index is 1.74. The van der Waals surface area contributed by atoms with Gasteiger partial charge in [-0.05, 0) is 6.42 Å². The van der Waals surface area contributed by atoms with Gasteiger partial charge in [-0.3, -0.25) is 0 Å². The van der Waals surface area contributed by atoms with Crippen molar-refractivity contribution in [1.82, 2.24) is 0 Å². The molecule has 3 N–H and O–H groups in total. The van der Waals surface area contributed by atoms with E-state index in [0.717, 1.165) is 6.42 Å². The Labute approximate surface area is 185 Å². The lowest BCUT2D eigenvalue weighted by molar-refractivity contribution is -0.199. The molecule has 5 heteroatoms. The van der Waals surface area contributed by atoms with Gasteiger partial charge in [-0.2, -0.15) is 0 Å². The van der Waals surface area contributed by atoms with Crippen LogP contribution in [0, 0.1) is 0 Å². The fraction of sp³-hybridized carbons (Fsp3) is 1.00. The smallest absolute Gasteiger partial charge is 0.111 e. The maximum Gasteiger partial charge on any atom is 0.111 e. The van der Waals surface area contributed by atoms with Crippen molar-refractivity contribution in [3.63, 3.8) is 0 Å². The zero-order chi connectivity index (χ0) is 21.9. The molecular weight excluding hydrogens is 380 g/mol. The van der Waals surface area contributed by atoms with E-state index in [-0.39, 0.29) is 13.2 Å². The van der Waals surface area contributed by atoms with Gasteiger partial charge in [-0.25, -0.2) is 0 Å². The largest absolute Gasteiger partial charge is 0.388 e. The monoisotopic (exact) mass is 430 g/mol. The zero-order valence-corrected chi connectivity index (χ0v) is 19.6. The highest BCUT2D eigenvalue weighted by molar-refractivity contribution is 4.86. The van der Waals surface area contributed by atoms with Crippen molar-refractivity contribution in [1.29, 1.82) is 0 Å². The number of unbranched alkanes of at least 4 members (excludes halogenated alkanes) is 16. The summed E-state index contributed by atoms with van der Waals surface area (Å²) in [6, 6.07) is 0. The average molecular weight is 431 g/mol. The molecular formula is C25H50O5. The van der Waals surface area contributed by atoms with E-state index in [1.165, 1.54) is 103 Å². The second kappa shape index (κ2) is 19.5. The van der Waals surface area contributed by atoms with Crippen molar-refractivity contribution >= 4 is 0 Å². The maximum absolute atomic E-state index is 9.84. The number of hydrogen-bond acceptors (Lipinski definition) is 5. The minimum Gasteiger partial charge on any atom is -0.388 e. The zero-order valence-electron chi connectivity index (χ0n) is 19.6. The molecule has 0 aromatic rings. The molecule has 0 aromatic carbocycles. The summed E-state index contributed by atoms with van der Waals surface area (Å²) in [6.07, 6.45) is 19.3. The molecule has 1 saturated heterocycles. The number of aliphatic hydroxyl groups is 3. The first kappa shape index (κ1) is 27.8. The van der Waals surface area contributed by atoms with Gasteiger partial charge in [0.2, 0.25) is 0 Å². The van der Waals surface area contributed by atoms with Crippen LogP contribution in [0.25, 0.3) is 0 Å². The van der Waals surface area contributed by atoms with Gasteiger partial charge in [0, 0.05) is 6.61 Å². The predicted molar refractivity (Wildman–Crippen MR) is 123 cm³/mol. The summed E-state index contributed by atoms with van der Waals surface area (Å²) in [5, 5.41) is 28.9. The average Bonchev–Trinajstić information content (AvgIpc) is 2.75. The standard InChI is InChI=1S/C25H50O5/c1-2-3-4-5-6-7-8-9-10-11-12-13-14-15-16-17-18-19-29-21-23-25(28)24(27)22(26)20-30-23/h22-28H,2-21H2,1H3/t22-,23+,24+,25+/m1/s1. The number of hydrogen-bond donors (Lipinski definition) is 3. The summed E-state index contributed by atoms with van der Waals surface area (Å²) in [7, 11) is 0. The molecule has 0 radical (unpaired) electrons. The molecule has 0 spiro atoms. The fourth-order valence-corrected chi connectivity index (χ4v) is 4.14. The molecule has 0 bridgehead atoms. The van der Waals surface area contributed by atoms with E-state index in [2.05, 4.69) is 6.92 Å². The van der Waals surface area contributed by atoms with Crippen LogP contribution in [0.1, 0.15) is 116 Å². The number of ether oxygens (including phenoxy) is 2. The van der Waals surface area contributed by atoms with Gasteiger partial charge in [0.25, 0.3) is 0 Å². The van der Waals surface area contributed by atoms with Gasteiger partial charge >= 0.3 is 0 Å². The van der Waals surface area contributed by atoms with Crippen molar-refractivity contribution in [2.75, 3.05) is 19.8 Å². The molecule has 0 amide bonds.